The van der Waals surface area contributed by atoms with Gasteiger partial charge in [0.25, 0.3) is 0 Å². The van der Waals surface area contributed by atoms with Crippen LogP contribution in [0.4, 0.5) is 0 Å². The number of hydrogen-bond donors (Lipinski definition) is 2. The van der Waals surface area contributed by atoms with Gasteiger partial charge in [0.05, 0.1) is 12.1 Å². The van der Waals surface area contributed by atoms with Gasteiger partial charge < -0.3 is 14.9 Å². The van der Waals surface area contributed by atoms with Gasteiger partial charge in [0.15, 0.2) is 5.82 Å². The van der Waals surface area contributed by atoms with Crippen molar-refractivity contribution >= 4 is 15.9 Å². The van der Waals surface area contributed by atoms with Crippen LogP contribution in [0.2, 0.25) is 0 Å². The number of aliphatic hydroxyl groups is 1. The van der Waals surface area contributed by atoms with Gasteiger partial charge in [0.2, 0.25) is 5.89 Å². The molecule has 1 aliphatic heterocycles. The van der Waals surface area contributed by atoms with Crippen molar-refractivity contribution in [2.24, 2.45) is 0 Å². The molecule has 1 saturated heterocycles. The van der Waals surface area contributed by atoms with Gasteiger partial charge in [-0.05, 0) is 24.1 Å². The van der Waals surface area contributed by atoms with Crippen LogP contribution in [-0.4, -0.2) is 27.9 Å². The lowest BCUT2D eigenvalue weighted by Gasteiger charge is -2.01. The highest BCUT2D eigenvalue weighted by atomic mass is 79.9. The molecule has 1 aliphatic rings. The third kappa shape index (κ3) is 3.02. The highest BCUT2D eigenvalue weighted by Crippen LogP contribution is 2.22. The van der Waals surface area contributed by atoms with Gasteiger partial charge in [-0.15, -0.1) is 0 Å². The van der Waals surface area contributed by atoms with E-state index in [1.54, 1.807) is 0 Å². The van der Waals surface area contributed by atoms with E-state index in [0.717, 1.165) is 10.0 Å². The van der Waals surface area contributed by atoms with Crippen LogP contribution in [0.5, 0.6) is 0 Å². The fourth-order valence-corrected chi connectivity index (χ4v) is 2.44. The number of hydrogen-bond acceptors (Lipinski definition) is 5. The van der Waals surface area contributed by atoms with Crippen LogP contribution in [0.1, 0.15) is 29.7 Å². The number of rotatable bonds is 3. The van der Waals surface area contributed by atoms with Crippen LogP contribution in [0.3, 0.4) is 0 Å². The molecule has 0 radical (unpaired) electrons. The average molecular weight is 324 g/mol. The van der Waals surface area contributed by atoms with Crippen LogP contribution in [0.25, 0.3) is 0 Å². The van der Waals surface area contributed by atoms with Crippen LogP contribution in [-0.2, 0) is 6.42 Å². The van der Waals surface area contributed by atoms with Crippen LogP contribution < -0.4 is 5.32 Å². The van der Waals surface area contributed by atoms with Gasteiger partial charge in [-0.25, -0.2) is 0 Å². The fraction of sp³-hybridized carbons (Fsp3) is 0.385. The van der Waals surface area contributed by atoms with Crippen molar-refractivity contribution in [2.45, 2.75) is 25.0 Å². The first-order valence-electron chi connectivity index (χ1n) is 6.19. The summed E-state index contributed by atoms with van der Waals surface area (Å²) in [5.74, 6) is 1.23. The van der Waals surface area contributed by atoms with E-state index in [1.807, 2.05) is 24.3 Å². The second-order valence-electron chi connectivity index (χ2n) is 4.70. The summed E-state index contributed by atoms with van der Waals surface area (Å²) < 4.78 is 6.30. The molecule has 2 atom stereocenters. The van der Waals surface area contributed by atoms with Crippen LogP contribution in [0, 0.1) is 0 Å². The molecule has 5 nitrogen and oxygen atoms in total. The Labute approximate surface area is 119 Å². The molecule has 0 spiro atoms. The summed E-state index contributed by atoms with van der Waals surface area (Å²) >= 11 is 3.40. The number of aromatic nitrogens is 2. The van der Waals surface area contributed by atoms with Crippen molar-refractivity contribution in [3.63, 3.8) is 0 Å². The van der Waals surface area contributed by atoms with E-state index in [-0.39, 0.29) is 12.1 Å². The lowest BCUT2D eigenvalue weighted by atomic mass is 10.1. The number of halogens is 1. The Morgan fingerprint density at radius 3 is 2.84 bits per heavy atom. The van der Waals surface area contributed by atoms with E-state index in [9.17, 15) is 5.11 Å². The first-order chi connectivity index (χ1) is 9.20. The lowest BCUT2D eigenvalue weighted by Crippen LogP contribution is -2.15. The second kappa shape index (κ2) is 5.40. The van der Waals surface area contributed by atoms with E-state index in [4.69, 9.17) is 4.52 Å². The highest BCUT2D eigenvalue weighted by molar-refractivity contribution is 9.10. The molecule has 3 rings (SSSR count). The predicted octanol–water partition coefficient (Wildman–Crippen LogP) is 1.82. The summed E-state index contributed by atoms with van der Waals surface area (Å²) in [7, 11) is 0. The number of nitrogens with one attached hydrogen (secondary N) is 1. The molecule has 0 bridgehead atoms. The SMILES string of the molecule is O[C@@H]1CN[C@@H](c2nc(Cc3ccc(Br)cc3)no2)C1. The first-order valence-corrected chi connectivity index (χ1v) is 6.98. The summed E-state index contributed by atoms with van der Waals surface area (Å²) in [6, 6.07) is 8.01. The molecule has 0 amide bonds. The van der Waals surface area contributed by atoms with Crippen molar-refractivity contribution in [1.29, 1.82) is 0 Å². The van der Waals surface area contributed by atoms with E-state index >= 15 is 0 Å². The van der Waals surface area contributed by atoms with Crippen molar-refractivity contribution in [1.82, 2.24) is 15.5 Å². The van der Waals surface area contributed by atoms with Gasteiger partial charge in [-0.2, -0.15) is 4.98 Å². The molecular formula is C13H14BrN3O2. The zero-order valence-electron chi connectivity index (χ0n) is 10.2. The maximum atomic E-state index is 9.47. The van der Waals surface area contributed by atoms with E-state index in [1.165, 1.54) is 0 Å². The lowest BCUT2D eigenvalue weighted by molar-refractivity contribution is 0.191. The smallest absolute Gasteiger partial charge is 0.243 e. The molecule has 0 saturated carbocycles. The predicted molar refractivity (Wildman–Crippen MR) is 72.6 cm³/mol. The molecule has 2 aromatic rings. The zero-order chi connectivity index (χ0) is 13.2. The summed E-state index contributed by atoms with van der Waals surface area (Å²) in [5, 5.41) is 16.6. The fourth-order valence-electron chi connectivity index (χ4n) is 2.17. The number of aliphatic hydroxyl groups excluding tert-OH is 1. The van der Waals surface area contributed by atoms with Crippen molar-refractivity contribution in [3.05, 3.63) is 46.0 Å². The Hall–Kier alpha value is -1.24. The Morgan fingerprint density at radius 1 is 1.37 bits per heavy atom. The molecule has 1 aromatic heterocycles. The van der Waals surface area contributed by atoms with Crippen LogP contribution >= 0.6 is 15.9 Å². The Kier molecular flexibility index (Phi) is 3.63. The Morgan fingerprint density at radius 2 is 2.16 bits per heavy atom. The van der Waals surface area contributed by atoms with Crippen molar-refractivity contribution < 1.29 is 9.63 Å². The minimum absolute atomic E-state index is 0.0267. The normalized spacial score (nSPS) is 22.8. The summed E-state index contributed by atoms with van der Waals surface area (Å²) in [5.41, 5.74) is 1.13. The largest absolute Gasteiger partial charge is 0.392 e. The maximum Gasteiger partial charge on any atom is 0.243 e. The van der Waals surface area contributed by atoms with Crippen molar-refractivity contribution in [3.8, 4) is 0 Å². The number of benzene rings is 1. The van der Waals surface area contributed by atoms with Crippen LogP contribution in [0.15, 0.2) is 33.3 Å². The zero-order valence-corrected chi connectivity index (χ0v) is 11.8. The quantitative estimate of drug-likeness (QED) is 0.901. The molecule has 1 aromatic carbocycles. The monoisotopic (exact) mass is 323 g/mol. The topological polar surface area (TPSA) is 71.2 Å². The molecule has 100 valence electrons. The van der Waals surface area contributed by atoms with E-state index in [2.05, 4.69) is 31.4 Å². The molecule has 0 unspecified atom stereocenters. The molecule has 2 heterocycles. The van der Waals surface area contributed by atoms with E-state index in [0.29, 0.717) is 31.1 Å². The molecule has 0 aliphatic carbocycles. The minimum atomic E-state index is -0.327. The molecule has 6 heteroatoms. The average Bonchev–Trinajstić information content (AvgIpc) is 3.01. The molecule has 2 N–H and O–H groups in total. The second-order valence-corrected chi connectivity index (χ2v) is 5.62. The Bertz CT molecular complexity index is 555. The molecule has 1 fully saturated rings. The third-order valence-corrected chi connectivity index (χ3v) is 3.69. The van der Waals surface area contributed by atoms with Gasteiger partial charge in [0, 0.05) is 17.4 Å². The maximum absolute atomic E-state index is 9.47. The summed E-state index contributed by atoms with van der Waals surface area (Å²) in [6.07, 6.45) is 0.943. The van der Waals surface area contributed by atoms with Gasteiger partial charge in [-0.1, -0.05) is 33.2 Å². The van der Waals surface area contributed by atoms with Gasteiger partial charge in [-0.3, -0.25) is 0 Å². The molecule has 19 heavy (non-hydrogen) atoms. The first kappa shape index (κ1) is 12.8. The Balaban J connectivity index is 1.69. The van der Waals surface area contributed by atoms with Crippen molar-refractivity contribution in [2.75, 3.05) is 6.54 Å². The van der Waals surface area contributed by atoms with Gasteiger partial charge >= 0.3 is 0 Å². The summed E-state index contributed by atoms with van der Waals surface area (Å²) in [4.78, 5) is 4.38. The van der Waals surface area contributed by atoms with Gasteiger partial charge in [0.1, 0.15) is 0 Å². The number of nitrogens with zero attached hydrogens (tertiary/aromatic N) is 2. The summed E-state index contributed by atoms with van der Waals surface area (Å²) in [6.45, 7) is 0.578. The number of β-amino-alcohol motifs (C(OH)–C–C–N with tert-alkyl or cyclic N) is 1. The highest BCUT2D eigenvalue weighted by Gasteiger charge is 2.27. The minimum Gasteiger partial charge on any atom is -0.392 e. The van der Waals surface area contributed by atoms with E-state index < -0.39 is 0 Å². The third-order valence-electron chi connectivity index (χ3n) is 3.17. The molecular weight excluding hydrogens is 310 g/mol. The standard InChI is InChI=1S/C13H14BrN3O2/c14-9-3-1-8(2-4-9)5-12-16-13(19-17-12)11-6-10(18)7-15-11/h1-4,10-11,15,18H,5-7H2/t10-,11+/m0/s1.